The molecule has 0 spiro atoms. The van der Waals surface area contributed by atoms with Crippen LogP contribution in [0.2, 0.25) is 0 Å². The molecule has 16 heavy (non-hydrogen) atoms. The van der Waals surface area contributed by atoms with Crippen LogP contribution >= 0.6 is 0 Å². The van der Waals surface area contributed by atoms with Crippen molar-refractivity contribution in [1.82, 2.24) is 0 Å². The van der Waals surface area contributed by atoms with Gasteiger partial charge in [0.1, 0.15) is 0 Å². The Morgan fingerprint density at radius 1 is 1.50 bits per heavy atom. The van der Waals surface area contributed by atoms with E-state index in [4.69, 9.17) is 5.11 Å². The standard InChI is InChI=1S/C11H12N2O3/c1-13-5-4-10(14)12-8-6-7(11(15)16)2-3-9(8)13/h2-3,6H,4-5H2,1H3,(H,12,14)(H,15,16). The number of fused-ring (bicyclic) bond motifs is 1. The van der Waals surface area contributed by atoms with Crippen molar-refractivity contribution >= 4 is 23.3 Å². The largest absolute Gasteiger partial charge is 0.478 e. The lowest BCUT2D eigenvalue weighted by molar-refractivity contribution is -0.115. The van der Waals surface area contributed by atoms with Crippen LogP contribution in [-0.2, 0) is 4.79 Å². The number of anilines is 2. The van der Waals surface area contributed by atoms with Gasteiger partial charge in [-0.15, -0.1) is 0 Å². The van der Waals surface area contributed by atoms with Crippen molar-refractivity contribution in [2.75, 3.05) is 23.8 Å². The van der Waals surface area contributed by atoms with E-state index in [1.54, 1.807) is 6.07 Å². The second-order valence-corrected chi connectivity index (χ2v) is 3.76. The number of benzene rings is 1. The van der Waals surface area contributed by atoms with E-state index in [9.17, 15) is 9.59 Å². The average Bonchev–Trinajstić information content (AvgIpc) is 2.38. The van der Waals surface area contributed by atoms with Gasteiger partial charge < -0.3 is 15.3 Å². The number of hydrogen-bond acceptors (Lipinski definition) is 3. The predicted octanol–water partition coefficient (Wildman–Crippen LogP) is 1.16. The number of aromatic carboxylic acids is 1. The van der Waals surface area contributed by atoms with Gasteiger partial charge in [-0.1, -0.05) is 0 Å². The zero-order chi connectivity index (χ0) is 11.7. The van der Waals surface area contributed by atoms with Crippen LogP contribution in [0.3, 0.4) is 0 Å². The molecule has 1 aliphatic rings. The van der Waals surface area contributed by atoms with E-state index in [-0.39, 0.29) is 11.5 Å². The fourth-order valence-corrected chi connectivity index (χ4v) is 1.70. The molecule has 0 saturated heterocycles. The van der Waals surface area contributed by atoms with Crippen molar-refractivity contribution in [3.63, 3.8) is 0 Å². The Morgan fingerprint density at radius 3 is 2.94 bits per heavy atom. The first-order valence-electron chi connectivity index (χ1n) is 4.96. The smallest absolute Gasteiger partial charge is 0.335 e. The average molecular weight is 220 g/mol. The molecule has 0 atom stereocenters. The van der Waals surface area contributed by atoms with Crippen molar-refractivity contribution in [2.24, 2.45) is 0 Å². The van der Waals surface area contributed by atoms with Crippen LogP contribution in [0.1, 0.15) is 16.8 Å². The first kappa shape index (κ1) is 10.5. The highest BCUT2D eigenvalue weighted by molar-refractivity contribution is 5.99. The minimum atomic E-state index is -0.996. The highest BCUT2D eigenvalue weighted by Gasteiger charge is 2.17. The molecular weight excluding hydrogens is 208 g/mol. The van der Waals surface area contributed by atoms with Gasteiger partial charge in [0.2, 0.25) is 5.91 Å². The van der Waals surface area contributed by atoms with E-state index in [2.05, 4.69) is 5.32 Å². The molecule has 84 valence electrons. The summed E-state index contributed by atoms with van der Waals surface area (Å²) in [4.78, 5) is 24.1. The SMILES string of the molecule is CN1CCC(=O)Nc2cc(C(=O)O)ccc21. The summed E-state index contributed by atoms with van der Waals surface area (Å²) in [6.07, 6.45) is 0.410. The van der Waals surface area contributed by atoms with E-state index in [0.29, 0.717) is 18.7 Å². The number of carboxylic acids is 1. The van der Waals surface area contributed by atoms with Crippen molar-refractivity contribution in [1.29, 1.82) is 0 Å². The molecule has 5 heteroatoms. The van der Waals surface area contributed by atoms with E-state index in [1.165, 1.54) is 12.1 Å². The third-order valence-corrected chi connectivity index (χ3v) is 2.60. The van der Waals surface area contributed by atoms with Crippen LogP contribution in [0.15, 0.2) is 18.2 Å². The third-order valence-electron chi connectivity index (χ3n) is 2.60. The number of carboxylic acid groups (broad SMARTS) is 1. The highest BCUT2D eigenvalue weighted by Crippen LogP contribution is 2.28. The second-order valence-electron chi connectivity index (χ2n) is 3.76. The molecular formula is C11H12N2O3. The van der Waals surface area contributed by atoms with Gasteiger partial charge in [0, 0.05) is 20.0 Å². The van der Waals surface area contributed by atoms with Crippen LogP contribution in [0.5, 0.6) is 0 Å². The summed E-state index contributed by atoms with van der Waals surface area (Å²) < 4.78 is 0. The summed E-state index contributed by atoms with van der Waals surface area (Å²) in [7, 11) is 1.87. The first-order chi connectivity index (χ1) is 7.58. The van der Waals surface area contributed by atoms with Gasteiger partial charge in [0.05, 0.1) is 16.9 Å². The summed E-state index contributed by atoms with van der Waals surface area (Å²) in [5.41, 5.74) is 1.58. The van der Waals surface area contributed by atoms with Gasteiger partial charge in [-0.3, -0.25) is 4.79 Å². The molecule has 0 bridgehead atoms. The van der Waals surface area contributed by atoms with Gasteiger partial charge in [0.25, 0.3) is 0 Å². The Bertz CT molecular complexity index is 457. The third kappa shape index (κ3) is 1.84. The number of carbonyl (C=O) groups excluding carboxylic acids is 1. The number of hydrogen-bond donors (Lipinski definition) is 2. The van der Waals surface area contributed by atoms with E-state index < -0.39 is 5.97 Å². The van der Waals surface area contributed by atoms with Gasteiger partial charge in [0.15, 0.2) is 0 Å². The molecule has 1 aromatic carbocycles. The molecule has 0 unspecified atom stereocenters. The fourth-order valence-electron chi connectivity index (χ4n) is 1.70. The van der Waals surface area contributed by atoms with Crippen LogP contribution < -0.4 is 10.2 Å². The Kier molecular flexibility index (Phi) is 2.52. The fraction of sp³-hybridized carbons (Fsp3) is 0.273. The molecule has 2 rings (SSSR count). The molecule has 0 radical (unpaired) electrons. The monoisotopic (exact) mass is 220 g/mol. The van der Waals surface area contributed by atoms with Crippen molar-refractivity contribution in [3.05, 3.63) is 23.8 Å². The van der Waals surface area contributed by atoms with E-state index in [1.807, 2.05) is 11.9 Å². The molecule has 0 aromatic heterocycles. The van der Waals surface area contributed by atoms with Crippen molar-refractivity contribution in [2.45, 2.75) is 6.42 Å². The first-order valence-corrected chi connectivity index (χ1v) is 4.96. The molecule has 1 aliphatic heterocycles. The van der Waals surface area contributed by atoms with Crippen molar-refractivity contribution in [3.8, 4) is 0 Å². The van der Waals surface area contributed by atoms with Crippen LogP contribution in [0.4, 0.5) is 11.4 Å². The molecule has 0 fully saturated rings. The lowest BCUT2D eigenvalue weighted by atomic mass is 10.1. The highest BCUT2D eigenvalue weighted by atomic mass is 16.4. The maximum absolute atomic E-state index is 11.4. The molecule has 5 nitrogen and oxygen atoms in total. The van der Waals surface area contributed by atoms with Crippen LogP contribution in [0, 0.1) is 0 Å². The molecule has 0 aliphatic carbocycles. The Morgan fingerprint density at radius 2 is 2.25 bits per heavy atom. The van der Waals surface area contributed by atoms with Gasteiger partial charge in [-0.05, 0) is 18.2 Å². The second kappa shape index (κ2) is 3.84. The lowest BCUT2D eigenvalue weighted by Crippen LogP contribution is -2.18. The zero-order valence-electron chi connectivity index (χ0n) is 8.86. The minimum absolute atomic E-state index is 0.0897. The normalized spacial score (nSPS) is 15.1. The number of nitrogens with one attached hydrogen (secondary N) is 1. The van der Waals surface area contributed by atoms with Crippen LogP contribution in [-0.4, -0.2) is 30.6 Å². The Hall–Kier alpha value is -2.04. The predicted molar refractivity (Wildman–Crippen MR) is 59.9 cm³/mol. The van der Waals surface area contributed by atoms with Gasteiger partial charge in [-0.25, -0.2) is 4.79 Å². The molecule has 2 N–H and O–H groups in total. The number of carbonyl (C=O) groups is 2. The van der Waals surface area contributed by atoms with Gasteiger partial charge >= 0.3 is 5.97 Å². The van der Waals surface area contributed by atoms with Gasteiger partial charge in [-0.2, -0.15) is 0 Å². The Labute approximate surface area is 92.7 Å². The summed E-state index contributed by atoms with van der Waals surface area (Å²) in [6, 6.07) is 4.73. The number of nitrogens with zero attached hydrogens (tertiary/aromatic N) is 1. The maximum Gasteiger partial charge on any atom is 0.335 e. The summed E-state index contributed by atoms with van der Waals surface area (Å²) in [5, 5.41) is 11.6. The quantitative estimate of drug-likeness (QED) is 0.745. The molecule has 1 amide bonds. The van der Waals surface area contributed by atoms with E-state index >= 15 is 0 Å². The summed E-state index contributed by atoms with van der Waals surface area (Å²) >= 11 is 0. The zero-order valence-corrected chi connectivity index (χ0v) is 8.86. The lowest BCUT2D eigenvalue weighted by Gasteiger charge is -2.18. The molecule has 1 aromatic rings. The minimum Gasteiger partial charge on any atom is -0.478 e. The summed E-state index contributed by atoms with van der Waals surface area (Å²) in [5.74, 6) is -1.09. The van der Waals surface area contributed by atoms with Crippen molar-refractivity contribution < 1.29 is 14.7 Å². The Balaban J connectivity index is 2.47. The maximum atomic E-state index is 11.4. The molecule has 0 saturated carbocycles. The number of rotatable bonds is 1. The van der Waals surface area contributed by atoms with E-state index in [0.717, 1.165) is 5.69 Å². The summed E-state index contributed by atoms with van der Waals surface area (Å²) in [6.45, 7) is 0.630. The molecule has 1 heterocycles. The topological polar surface area (TPSA) is 69.6 Å². The number of amides is 1. The van der Waals surface area contributed by atoms with Crippen LogP contribution in [0.25, 0.3) is 0 Å².